The molecule has 0 aromatic heterocycles. The van der Waals surface area contributed by atoms with Crippen molar-refractivity contribution in [3.8, 4) is 0 Å². The predicted octanol–water partition coefficient (Wildman–Crippen LogP) is 4.55. The summed E-state index contributed by atoms with van der Waals surface area (Å²) >= 11 is 0. The zero-order valence-corrected chi connectivity index (χ0v) is 35.8. The summed E-state index contributed by atoms with van der Waals surface area (Å²) in [4.78, 5) is 68.2. The molecule has 3 N–H and O–H groups in total. The number of nitrogens with one attached hydrogen (secondary N) is 3. The number of fused-ring (bicyclic) bond motifs is 2. The summed E-state index contributed by atoms with van der Waals surface area (Å²) in [5.41, 5.74) is 1.01. The third-order valence-electron chi connectivity index (χ3n) is 12.6. The van der Waals surface area contributed by atoms with E-state index in [1.54, 1.807) is 38.4 Å². The standard InChI is InChI=1S/C44H69N7O6/c1-11-22-46-41(45-7)33(24-30-17-14-13-15-18-30)48-42(53)29(6)40(57-10)34-19-16-23-51(34)36(52)26-35(56-9)39(28(5)12-2)50(8)44(55)37(27(3)4)49-43(54)38-31-20-21-32(25-31)47-38/h11,13-15,17-18,22,27-29,31-35,37-40,47H,7,12,16,19-21,23-26H2,1-6,8-10H3,(H,48,53)(H,49,54)/b22-11-,46-41?/t28-,29+,31-,32+,33-,34-,35+,37-,38-,39-,40+/m0/s1. The minimum Gasteiger partial charge on any atom is -0.379 e. The maximum atomic E-state index is 14.3. The molecule has 3 aliphatic rings. The maximum absolute atomic E-state index is 14.3. The molecule has 1 saturated carbocycles. The van der Waals surface area contributed by atoms with Gasteiger partial charge in [0.25, 0.3) is 0 Å². The van der Waals surface area contributed by atoms with E-state index < -0.39 is 36.3 Å². The van der Waals surface area contributed by atoms with Gasteiger partial charge in [-0.2, -0.15) is 0 Å². The van der Waals surface area contributed by atoms with Gasteiger partial charge in [0.15, 0.2) is 0 Å². The summed E-state index contributed by atoms with van der Waals surface area (Å²) in [5, 5.41) is 9.68. The van der Waals surface area contributed by atoms with Crippen molar-refractivity contribution >= 4 is 36.2 Å². The average molecular weight is 792 g/mol. The van der Waals surface area contributed by atoms with Gasteiger partial charge in [0, 0.05) is 40.1 Å². The van der Waals surface area contributed by atoms with Crippen LogP contribution in [-0.4, -0.2) is 122 Å². The molecule has 3 fully saturated rings. The minimum atomic E-state index is -0.721. The molecular weight excluding hydrogens is 723 g/mol. The lowest BCUT2D eigenvalue weighted by Crippen LogP contribution is -2.60. The van der Waals surface area contributed by atoms with Gasteiger partial charge in [0.1, 0.15) is 11.9 Å². The van der Waals surface area contributed by atoms with Gasteiger partial charge in [0.05, 0.1) is 48.7 Å². The predicted molar refractivity (Wildman–Crippen MR) is 225 cm³/mol. The van der Waals surface area contributed by atoms with Crippen molar-refractivity contribution in [2.75, 3.05) is 27.8 Å². The molecule has 316 valence electrons. The van der Waals surface area contributed by atoms with Gasteiger partial charge in [-0.1, -0.05) is 77.4 Å². The molecule has 4 amide bonds. The Hall–Kier alpha value is -3.94. The van der Waals surface area contributed by atoms with Gasteiger partial charge in [-0.15, -0.1) is 0 Å². The number of allylic oxidation sites excluding steroid dienone is 1. The monoisotopic (exact) mass is 792 g/mol. The second-order valence-electron chi connectivity index (χ2n) is 16.6. The fraction of sp³-hybridized carbons (Fsp3) is 0.682. The Labute approximate surface area is 340 Å². The van der Waals surface area contributed by atoms with Crippen LogP contribution in [0.5, 0.6) is 0 Å². The lowest BCUT2D eigenvalue weighted by molar-refractivity contribution is -0.147. The van der Waals surface area contributed by atoms with Crippen LogP contribution in [-0.2, 0) is 35.1 Å². The summed E-state index contributed by atoms with van der Waals surface area (Å²) in [7, 11) is 4.92. The van der Waals surface area contributed by atoms with Crippen LogP contribution in [0.2, 0.25) is 0 Å². The smallest absolute Gasteiger partial charge is 0.245 e. The highest BCUT2D eigenvalue weighted by Gasteiger charge is 2.46. The first-order chi connectivity index (χ1) is 27.3. The minimum absolute atomic E-state index is 0.00704. The number of piperidine rings is 1. The number of hydrogen-bond acceptors (Lipinski definition) is 8. The molecule has 0 radical (unpaired) electrons. The van der Waals surface area contributed by atoms with Crippen molar-refractivity contribution in [2.24, 2.45) is 33.7 Å². The molecule has 0 unspecified atom stereocenters. The first kappa shape index (κ1) is 45.8. The highest BCUT2D eigenvalue weighted by atomic mass is 16.5. The summed E-state index contributed by atoms with van der Waals surface area (Å²) < 4.78 is 12.1. The Morgan fingerprint density at radius 2 is 1.77 bits per heavy atom. The number of aliphatic imine (C=N–C) groups is 2. The Kier molecular flexibility index (Phi) is 17.4. The molecule has 1 aliphatic carbocycles. The van der Waals surface area contributed by atoms with Crippen LogP contribution in [0.3, 0.4) is 0 Å². The number of amides is 4. The first-order valence-electron chi connectivity index (χ1n) is 21.0. The van der Waals surface area contributed by atoms with Crippen LogP contribution < -0.4 is 16.0 Å². The van der Waals surface area contributed by atoms with E-state index in [2.05, 4.69) is 46.5 Å². The number of hydrogen-bond donors (Lipinski definition) is 3. The number of methoxy groups -OCH3 is 2. The Bertz CT molecular complexity index is 1570. The third kappa shape index (κ3) is 11.4. The van der Waals surface area contributed by atoms with Crippen LogP contribution in [0.25, 0.3) is 0 Å². The summed E-state index contributed by atoms with van der Waals surface area (Å²) in [6, 6.07) is 7.88. The van der Waals surface area contributed by atoms with Crippen molar-refractivity contribution in [1.82, 2.24) is 25.8 Å². The van der Waals surface area contributed by atoms with Gasteiger partial charge in [0.2, 0.25) is 23.6 Å². The highest BCUT2D eigenvalue weighted by molar-refractivity contribution is 5.95. The largest absolute Gasteiger partial charge is 0.379 e. The van der Waals surface area contributed by atoms with Crippen molar-refractivity contribution in [2.45, 2.75) is 141 Å². The maximum Gasteiger partial charge on any atom is 0.245 e. The van der Waals surface area contributed by atoms with E-state index >= 15 is 0 Å². The van der Waals surface area contributed by atoms with E-state index in [0.29, 0.717) is 37.2 Å². The molecule has 1 aromatic rings. The number of likely N-dealkylation sites (tertiary alicyclic amines) is 1. The summed E-state index contributed by atoms with van der Waals surface area (Å²) in [5.74, 6) is -0.755. The number of carbonyl (C=O) groups excluding carboxylic acids is 4. The van der Waals surface area contributed by atoms with Gasteiger partial charge < -0.3 is 35.2 Å². The van der Waals surface area contributed by atoms with Crippen LogP contribution in [0.1, 0.15) is 92.1 Å². The van der Waals surface area contributed by atoms with E-state index in [1.165, 1.54) is 0 Å². The number of likely N-dealkylation sites (N-methyl/N-ethyl adjacent to an activating group) is 1. The van der Waals surface area contributed by atoms with Crippen LogP contribution in [0.4, 0.5) is 0 Å². The van der Waals surface area contributed by atoms with Crippen LogP contribution in [0, 0.1) is 23.7 Å². The molecule has 2 bridgehead atoms. The van der Waals surface area contributed by atoms with Gasteiger partial charge >= 0.3 is 0 Å². The van der Waals surface area contributed by atoms with Crippen molar-refractivity contribution in [3.05, 3.63) is 48.2 Å². The average Bonchev–Trinajstić information content (AvgIpc) is 3.99. The fourth-order valence-corrected chi connectivity index (χ4v) is 9.18. The zero-order chi connectivity index (χ0) is 41.8. The molecule has 13 nitrogen and oxygen atoms in total. The number of ether oxygens (including phenoxy) is 2. The zero-order valence-electron chi connectivity index (χ0n) is 35.8. The molecular formula is C44H69N7O6. The lowest BCUT2D eigenvalue weighted by Gasteiger charge is -2.41. The fourth-order valence-electron chi connectivity index (χ4n) is 9.18. The molecule has 13 heteroatoms. The number of carbonyl (C=O) groups is 4. The molecule has 2 heterocycles. The van der Waals surface area contributed by atoms with Crippen molar-refractivity contribution < 1.29 is 28.7 Å². The first-order valence-corrected chi connectivity index (χ1v) is 21.0. The van der Waals surface area contributed by atoms with E-state index in [4.69, 9.17) is 9.47 Å². The molecule has 57 heavy (non-hydrogen) atoms. The SMILES string of the molecule is C=NC(=N/C=C\C)[C@H](Cc1ccccc1)NC(=O)[C@H](C)[C@@H](OC)[C@@H]1CCCN1C(=O)C[C@@H](OC)[C@H]([C@@H](C)CC)N(C)C(=O)[C@@H](NC(=O)[C@H]1N[C@@H]2CC[C@H]1C2)C(C)C. The molecule has 2 saturated heterocycles. The van der Waals surface area contributed by atoms with Gasteiger partial charge in [-0.05, 0) is 75.5 Å². The molecule has 1 aromatic carbocycles. The van der Waals surface area contributed by atoms with Crippen molar-refractivity contribution in [1.29, 1.82) is 0 Å². The second-order valence-corrected chi connectivity index (χ2v) is 16.6. The third-order valence-corrected chi connectivity index (χ3v) is 12.6. The van der Waals surface area contributed by atoms with E-state index in [9.17, 15) is 19.2 Å². The van der Waals surface area contributed by atoms with Gasteiger partial charge in [-0.3, -0.25) is 19.2 Å². The van der Waals surface area contributed by atoms with Gasteiger partial charge in [-0.25, -0.2) is 9.98 Å². The Morgan fingerprint density at radius 1 is 1.05 bits per heavy atom. The van der Waals surface area contributed by atoms with E-state index in [-0.39, 0.29) is 54.0 Å². The quantitative estimate of drug-likeness (QED) is 0.129. The molecule has 4 rings (SSSR count). The molecule has 11 atom stereocenters. The van der Waals surface area contributed by atoms with E-state index in [0.717, 1.165) is 37.7 Å². The number of rotatable bonds is 20. The van der Waals surface area contributed by atoms with E-state index in [1.807, 2.05) is 62.9 Å². The second kappa shape index (κ2) is 21.7. The number of nitrogens with zero attached hydrogens (tertiary/aromatic N) is 4. The summed E-state index contributed by atoms with van der Waals surface area (Å²) in [6.07, 6.45) is 8.04. The Morgan fingerprint density at radius 3 is 2.33 bits per heavy atom. The normalized spacial score (nSPS) is 24.5. The lowest BCUT2D eigenvalue weighted by atomic mass is 9.89. The Balaban J connectivity index is 1.48. The molecule has 2 aliphatic heterocycles. The van der Waals surface area contributed by atoms with Crippen molar-refractivity contribution in [3.63, 3.8) is 0 Å². The number of benzene rings is 1. The van der Waals surface area contributed by atoms with Crippen LogP contribution >= 0.6 is 0 Å². The summed E-state index contributed by atoms with van der Waals surface area (Å²) in [6.45, 7) is 15.9. The highest BCUT2D eigenvalue weighted by Crippen LogP contribution is 2.35. The number of amidine groups is 1. The molecule has 0 spiro atoms. The topological polar surface area (TPSA) is 154 Å². The van der Waals surface area contributed by atoms with Crippen LogP contribution in [0.15, 0.2) is 52.6 Å².